The van der Waals surface area contributed by atoms with Crippen LogP contribution in [0.4, 0.5) is 0 Å². The van der Waals surface area contributed by atoms with Gasteiger partial charge >= 0.3 is 0 Å². The predicted molar refractivity (Wildman–Crippen MR) is 94.0 cm³/mol. The van der Waals surface area contributed by atoms with E-state index in [-0.39, 0.29) is 0 Å². The van der Waals surface area contributed by atoms with Crippen molar-refractivity contribution >= 4 is 6.08 Å². The van der Waals surface area contributed by atoms with Crippen molar-refractivity contribution in [2.24, 2.45) is 0 Å². The highest BCUT2D eigenvalue weighted by Crippen LogP contribution is 2.10. The fourth-order valence-corrected chi connectivity index (χ4v) is 3.07. The van der Waals surface area contributed by atoms with Gasteiger partial charge in [-0.1, -0.05) is 42.0 Å². The van der Waals surface area contributed by atoms with Crippen LogP contribution < -0.4 is 5.32 Å². The summed E-state index contributed by atoms with van der Waals surface area (Å²) in [6, 6.07) is 10.5. The van der Waals surface area contributed by atoms with Crippen LogP contribution in [0.25, 0.3) is 6.08 Å². The minimum absolute atomic E-state index is 0.368. The molecule has 3 nitrogen and oxygen atoms in total. The molecule has 0 radical (unpaired) electrons. The molecule has 1 aliphatic heterocycles. The van der Waals surface area contributed by atoms with Crippen molar-refractivity contribution in [1.29, 1.82) is 0 Å². The molecule has 1 aliphatic rings. The van der Waals surface area contributed by atoms with Gasteiger partial charge in [-0.2, -0.15) is 0 Å². The van der Waals surface area contributed by atoms with Gasteiger partial charge < -0.3 is 10.1 Å². The van der Waals surface area contributed by atoms with Gasteiger partial charge in [0, 0.05) is 19.6 Å². The van der Waals surface area contributed by atoms with Crippen molar-refractivity contribution in [2.75, 3.05) is 32.7 Å². The first-order valence-electron chi connectivity index (χ1n) is 8.44. The van der Waals surface area contributed by atoms with Crippen LogP contribution in [-0.4, -0.2) is 49.8 Å². The number of ether oxygens (including phenoxy) is 1. The zero-order valence-corrected chi connectivity index (χ0v) is 14.2. The Morgan fingerprint density at radius 3 is 2.59 bits per heavy atom. The van der Waals surface area contributed by atoms with Crippen LogP contribution >= 0.6 is 0 Å². The molecule has 2 atom stereocenters. The summed E-state index contributed by atoms with van der Waals surface area (Å²) in [6.45, 7) is 11.8. The Bertz CT molecular complexity index is 448. The Morgan fingerprint density at radius 1 is 1.23 bits per heavy atom. The number of morpholine rings is 1. The summed E-state index contributed by atoms with van der Waals surface area (Å²) in [6.07, 6.45) is 4.18. The van der Waals surface area contributed by atoms with Crippen LogP contribution in [-0.2, 0) is 4.74 Å². The molecular weight excluding hydrogens is 272 g/mol. The maximum Gasteiger partial charge on any atom is 0.0678 e. The van der Waals surface area contributed by atoms with Crippen molar-refractivity contribution in [3.63, 3.8) is 0 Å². The van der Waals surface area contributed by atoms with Crippen LogP contribution in [0, 0.1) is 0 Å². The fraction of sp³-hybridized carbons (Fsp3) is 0.579. The summed E-state index contributed by atoms with van der Waals surface area (Å²) in [5.74, 6) is 0. The van der Waals surface area contributed by atoms with Gasteiger partial charge in [-0.15, -0.1) is 0 Å². The van der Waals surface area contributed by atoms with Crippen LogP contribution in [0.2, 0.25) is 0 Å². The van der Waals surface area contributed by atoms with E-state index in [0.717, 1.165) is 32.7 Å². The van der Waals surface area contributed by atoms with Crippen molar-refractivity contribution in [3.05, 3.63) is 41.5 Å². The number of hydrogen-bond donors (Lipinski definition) is 1. The van der Waals surface area contributed by atoms with E-state index in [2.05, 4.69) is 67.4 Å². The molecule has 122 valence electrons. The molecule has 0 saturated carbocycles. The third-order valence-electron chi connectivity index (χ3n) is 3.94. The molecule has 1 aromatic carbocycles. The van der Waals surface area contributed by atoms with E-state index < -0.39 is 0 Å². The summed E-state index contributed by atoms with van der Waals surface area (Å²) in [5, 5.41) is 3.54. The molecule has 1 saturated heterocycles. The number of nitrogens with zero attached hydrogens (tertiary/aromatic N) is 1. The van der Waals surface area contributed by atoms with E-state index in [1.165, 1.54) is 17.6 Å². The van der Waals surface area contributed by atoms with E-state index in [1.54, 1.807) is 0 Å². The average molecular weight is 302 g/mol. The van der Waals surface area contributed by atoms with Gasteiger partial charge in [0.25, 0.3) is 0 Å². The zero-order chi connectivity index (χ0) is 15.8. The average Bonchev–Trinajstić information content (AvgIpc) is 2.47. The molecule has 0 bridgehead atoms. The van der Waals surface area contributed by atoms with Crippen molar-refractivity contribution in [1.82, 2.24) is 10.2 Å². The summed E-state index contributed by atoms with van der Waals surface area (Å²) in [7, 11) is 0. The first-order valence-corrected chi connectivity index (χ1v) is 8.44. The lowest BCUT2D eigenvalue weighted by Gasteiger charge is -2.35. The number of benzene rings is 1. The first kappa shape index (κ1) is 17.2. The van der Waals surface area contributed by atoms with Gasteiger partial charge in [0.2, 0.25) is 0 Å². The lowest BCUT2D eigenvalue weighted by Crippen LogP contribution is -2.46. The van der Waals surface area contributed by atoms with E-state index in [4.69, 9.17) is 4.74 Å². The molecule has 0 aliphatic carbocycles. The molecule has 0 amide bonds. The van der Waals surface area contributed by atoms with E-state index >= 15 is 0 Å². The van der Waals surface area contributed by atoms with E-state index in [9.17, 15) is 0 Å². The molecule has 1 aromatic rings. The Morgan fingerprint density at radius 2 is 1.91 bits per heavy atom. The Labute approximate surface area is 135 Å². The van der Waals surface area contributed by atoms with E-state index in [1.807, 2.05) is 0 Å². The quantitative estimate of drug-likeness (QED) is 0.783. The minimum Gasteiger partial charge on any atom is -0.373 e. The summed E-state index contributed by atoms with van der Waals surface area (Å²) < 4.78 is 5.77. The summed E-state index contributed by atoms with van der Waals surface area (Å²) >= 11 is 0. The topological polar surface area (TPSA) is 24.5 Å². The Balaban J connectivity index is 1.60. The summed E-state index contributed by atoms with van der Waals surface area (Å²) in [4.78, 5) is 2.52. The van der Waals surface area contributed by atoms with Crippen LogP contribution in [0.5, 0.6) is 0 Å². The van der Waals surface area contributed by atoms with Crippen LogP contribution in [0.15, 0.2) is 35.9 Å². The second kappa shape index (κ2) is 9.09. The Kier molecular flexibility index (Phi) is 7.10. The largest absolute Gasteiger partial charge is 0.373 e. The molecule has 22 heavy (non-hydrogen) atoms. The minimum atomic E-state index is 0.368. The molecule has 2 unspecified atom stereocenters. The standard InChI is InChI=1S/C19H30N2O/c1-16(12-19-8-5-4-6-9-19)13-20-10-7-11-21-14-17(2)22-18(3)15-21/h4-6,8-9,12,17-18,20H,7,10-11,13-15H2,1-3H3/b16-12+. The predicted octanol–water partition coefficient (Wildman–Crippen LogP) is 3.18. The summed E-state index contributed by atoms with van der Waals surface area (Å²) in [5.41, 5.74) is 2.65. The highest BCUT2D eigenvalue weighted by Gasteiger charge is 2.21. The van der Waals surface area contributed by atoms with Gasteiger partial charge in [0.15, 0.2) is 0 Å². The number of hydrogen-bond acceptors (Lipinski definition) is 3. The van der Waals surface area contributed by atoms with Gasteiger partial charge in [0.05, 0.1) is 12.2 Å². The second-order valence-electron chi connectivity index (χ2n) is 6.45. The highest BCUT2D eigenvalue weighted by molar-refractivity contribution is 5.52. The van der Waals surface area contributed by atoms with Gasteiger partial charge in [-0.25, -0.2) is 0 Å². The second-order valence-corrected chi connectivity index (χ2v) is 6.45. The Hall–Kier alpha value is -1.16. The molecule has 0 spiro atoms. The smallest absolute Gasteiger partial charge is 0.0678 e. The zero-order valence-electron chi connectivity index (χ0n) is 14.2. The van der Waals surface area contributed by atoms with Gasteiger partial charge in [0.1, 0.15) is 0 Å². The van der Waals surface area contributed by atoms with Crippen molar-refractivity contribution in [3.8, 4) is 0 Å². The van der Waals surface area contributed by atoms with Gasteiger partial charge in [-0.05, 0) is 45.8 Å². The normalized spacial score (nSPS) is 23.7. The fourth-order valence-electron chi connectivity index (χ4n) is 3.07. The van der Waals surface area contributed by atoms with Crippen LogP contribution in [0.1, 0.15) is 32.8 Å². The SMILES string of the molecule is C/C(=C\c1ccccc1)CNCCCN1CC(C)OC(C)C1. The van der Waals surface area contributed by atoms with Gasteiger partial charge in [-0.3, -0.25) is 4.90 Å². The lowest BCUT2D eigenvalue weighted by atomic mass is 10.1. The number of nitrogens with one attached hydrogen (secondary N) is 1. The molecule has 2 rings (SSSR count). The van der Waals surface area contributed by atoms with Crippen molar-refractivity contribution in [2.45, 2.75) is 39.4 Å². The molecule has 0 aromatic heterocycles. The third-order valence-corrected chi connectivity index (χ3v) is 3.94. The first-order chi connectivity index (χ1) is 10.6. The maximum atomic E-state index is 5.77. The highest BCUT2D eigenvalue weighted by atomic mass is 16.5. The van der Waals surface area contributed by atoms with Crippen LogP contribution in [0.3, 0.4) is 0 Å². The molecule has 1 heterocycles. The molecule has 1 N–H and O–H groups in total. The third kappa shape index (κ3) is 6.30. The molecular formula is C19H30N2O. The molecule has 3 heteroatoms. The molecule has 1 fully saturated rings. The van der Waals surface area contributed by atoms with E-state index in [0.29, 0.717) is 12.2 Å². The number of rotatable bonds is 7. The maximum absolute atomic E-state index is 5.77. The van der Waals surface area contributed by atoms with Crippen molar-refractivity contribution < 1.29 is 4.74 Å². The lowest BCUT2D eigenvalue weighted by molar-refractivity contribution is -0.0680. The monoisotopic (exact) mass is 302 g/mol.